The molecule has 1 N–H and O–H groups in total. The number of nitrogens with one attached hydrogen (secondary N) is 1. The van der Waals surface area contributed by atoms with E-state index in [1.54, 1.807) is 42.5 Å². The largest absolute Gasteiger partial charge is 0.495 e. The smallest absolute Gasteiger partial charge is 0.262 e. The van der Waals surface area contributed by atoms with Crippen LogP contribution in [0, 0.1) is 5.92 Å². The fraction of sp³-hybridized carbons (Fsp3) is 0.350. The lowest BCUT2D eigenvalue weighted by molar-refractivity contribution is -0.124. The van der Waals surface area contributed by atoms with Gasteiger partial charge in [-0.05, 0) is 55.2 Å². The van der Waals surface area contributed by atoms with E-state index in [1.165, 1.54) is 7.11 Å². The molecule has 6 nitrogen and oxygen atoms in total. The summed E-state index contributed by atoms with van der Waals surface area (Å²) in [6.07, 6.45) is 3.70. The van der Waals surface area contributed by atoms with Crippen LogP contribution in [0.1, 0.15) is 24.8 Å². The standard InChI is InChI=1S/C20H22N2O4S/c1-26-19-8-3-2-7-17(19)21-27(24,25)16-9-10-18-15(13-16)11-12-22(18)20(23)14-5-4-6-14/h2-3,7-10,13-14,21H,4-6,11-12H2,1H3. The lowest BCUT2D eigenvalue weighted by atomic mass is 9.84. The van der Waals surface area contributed by atoms with Crippen LogP contribution in [0.15, 0.2) is 47.4 Å². The Morgan fingerprint density at radius 3 is 2.67 bits per heavy atom. The topological polar surface area (TPSA) is 75.7 Å². The lowest BCUT2D eigenvalue weighted by Crippen LogP contribution is -2.37. The number of benzene rings is 2. The van der Waals surface area contributed by atoms with Crippen LogP contribution in [0.4, 0.5) is 11.4 Å². The molecule has 27 heavy (non-hydrogen) atoms. The van der Waals surface area contributed by atoms with Crippen LogP contribution in [-0.4, -0.2) is 28.0 Å². The number of hydrogen-bond acceptors (Lipinski definition) is 4. The number of sulfonamides is 1. The van der Waals surface area contributed by atoms with Gasteiger partial charge in [-0.15, -0.1) is 0 Å². The lowest BCUT2D eigenvalue weighted by Gasteiger charge is -2.29. The van der Waals surface area contributed by atoms with Crippen molar-refractivity contribution in [3.05, 3.63) is 48.0 Å². The Balaban J connectivity index is 1.59. The maximum atomic E-state index is 12.8. The van der Waals surface area contributed by atoms with Crippen LogP contribution in [0.2, 0.25) is 0 Å². The minimum Gasteiger partial charge on any atom is -0.495 e. The van der Waals surface area contributed by atoms with E-state index in [2.05, 4.69) is 4.72 Å². The Morgan fingerprint density at radius 1 is 1.19 bits per heavy atom. The predicted octanol–water partition coefficient (Wildman–Crippen LogP) is 3.19. The van der Waals surface area contributed by atoms with Crippen molar-refractivity contribution in [2.24, 2.45) is 5.92 Å². The van der Waals surface area contributed by atoms with Gasteiger partial charge in [0.05, 0.1) is 17.7 Å². The van der Waals surface area contributed by atoms with Gasteiger partial charge in [0.1, 0.15) is 5.75 Å². The molecule has 1 heterocycles. The number of methoxy groups -OCH3 is 1. The summed E-state index contributed by atoms with van der Waals surface area (Å²) in [6.45, 7) is 0.619. The van der Waals surface area contributed by atoms with E-state index in [0.717, 1.165) is 30.5 Å². The zero-order chi connectivity index (χ0) is 19.0. The van der Waals surface area contributed by atoms with Crippen molar-refractivity contribution in [3.63, 3.8) is 0 Å². The highest BCUT2D eigenvalue weighted by Crippen LogP contribution is 2.36. The van der Waals surface area contributed by atoms with Gasteiger partial charge in [0.15, 0.2) is 0 Å². The van der Waals surface area contributed by atoms with E-state index >= 15 is 0 Å². The summed E-state index contributed by atoms with van der Waals surface area (Å²) in [4.78, 5) is 14.6. The number of rotatable bonds is 5. The maximum Gasteiger partial charge on any atom is 0.262 e. The number of anilines is 2. The normalized spacial score (nSPS) is 16.6. The van der Waals surface area contributed by atoms with E-state index in [-0.39, 0.29) is 16.7 Å². The second-order valence-electron chi connectivity index (χ2n) is 6.96. The summed E-state index contributed by atoms with van der Waals surface area (Å²) in [5.41, 5.74) is 2.12. The number of amides is 1. The number of nitrogens with zero attached hydrogens (tertiary/aromatic N) is 1. The second kappa shape index (κ2) is 6.88. The maximum absolute atomic E-state index is 12.8. The molecule has 4 rings (SSSR count). The highest BCUT2D eigenvalue weighted by Gasteiger charge is 2.33. The highest BCUT2D eigenvalue weighted by atomic mass is 32.2. The monoisotopic (exact) mass is 386 g/mol. The zero-order valence-electron chi connectivity index (χ0n) is 15.1. The van der Waals surface area contributed by atoms with E-state index in [0.29, 0.717) is 24.4 Å². The van der Waals surface area contributed by atoms with Crippen molar-refractivity contribution >= 4 is 27.3 Å². The molecule has 0 aromatic heterocycles. The Labute approximate surface area is 159 Å². The van der Waals surface area contributed by atoms with Crippen LogP contribution in [-0.2, 0) is 21.2 Å². The summed E-state index contributed by atoms with van der Waals surface area (Å²) in [5, 5.41) is 0. The third-order valence-corrected chi connectivity index (χ3v) is 6.69. The highest BCUT2D eigenvalue weighted by molar-refractivity contribution is 7.92. The fourth-order valence-electron chi connectivity index (χ4n) is 3.58. The van der Waals surface area contributed by atoms with Crippen LogP contribution < -0.4 is 14.4 Å². The van der Waals surface area contributed by atoms with Crippen LogP contribution in [0.3, 0.4) is 0 Å². The summed E-state index contributed by atoms with van der Waals surface area (Å²) < 4.78 is 33.4. The SMILES string of the molecule is COc1ccccc1NS(=O)(=O)c1ccc2c(c1)CCN2C(=O)C1CCC1. The van der Waals surface area contributed by atoms with Gasteiger partial charge in [-0.25, -0.2) is 8.42 Å². The van der Waals surface area contributed by atoms with Crippen molar-refractivity contribution in [1.29, 1.82) is 0 Å². The van der Waals surface area contributed by atoms with E-state index in [1.807, 2.05) is 4.90 Å². The molecule has 2 aromatic carbocycles. The molecule has 0 unspecified atom stereocenters. The van der Waals surface area contributed by atoms with Crippen LogP contribution in [0.25, 0.3) is 0 Å². The summed E-state index contributed by atoms with van der Waals surface area (Å²) in [6, 6.07) is 11.8. The van der Waals surface area contributed by atoms with E-state index in [9.17, 15) is 13.2 Å². The summed E-state index contributed by atoms with van der Waals surface area (Å²) in [5.74, 6) is 0.758. The molecule has 1 fully saturated rings. The minimum absolute atomic E-state index is 0.131. The summed E-state index contributed by atoms with van der Waals surface area (Å²) in [7, 11) is -2.25. The first-order chi connectivity index (χ1) is 13.0. The van der Waals surface area contributed by atoms with Gasteiger partial charge in [-0.1, -0.05) is 18.6 Å². The van der Waals surface area contributed by atoms with Crippen molar-refractivity contribution in [3.8, 4) is 5.75 Å². The number of carbonyl (C=O) groups is 1. The first-order valence-corrected chi connectivity index (χ1v) is 10.6. The van der Waals surface area contributed by atoms with Crippen molar-refractivity contribution in [2.45, 2.75) is 30.6 Å². The molecular weight excluding hydrogens is 364 g/mol. The Morgan fingerprint density at radius 2 is 1.96 bits per heavy atom. The number of carbonyl (C=O) groups excluding carboxylic acids is 1. The molecule has 7 heteroatoms. The van der Waals surface area contributed by atoms with Gasteiger partial charge in [0, 0.05) is 18.2 Å². The minimum atomic E-state index is -3.75. The fourth-order valence-corrected chi connectivity index (χ4v) is 4.70. The van der Waals surface area contributed by atoms with Gasteiger partial charge in [0.2, 0.25) is 5.91 Å². The van der Waals surface area contributed by atoms with Crippen LogP contribution >= 0.6 is 0 Å². The molecule has 1 saturated carbocycles. The zero-order valence-corrected chi connectivity index (χ0v) is 16.0. The molecule has 1 amide bonds. The Bertz CT molecular complexity index is 983. The predicted molar refractivity (Wildman–Crippen MR) is 104 cm³/mol. The third kappa shape index (κ3) is 3.27. The average molecular weight is 386 g/mol. The molecule has 0 radical (unpaired) electrons. The molecule has 142 valence electrons. The van der Waals surface area contributed by atoms with E-state index in [4.69, 9.17) is 4.74 Å². The van der Waals surface area contributed by atoms with Gasteiger partial charge in [0.25, 0.3) is 10.0 Å². The third-order valence-electron chi connectivity index (χ3n) is 5.33. The number of fused-ring (bicyclic) bond motifs is 1. The molecule has 1 aliphatic heterocycles. The first kappa shape index (κ1) is 17.9. The average Bonchev–Trinajstić information content (AvgIpc) is 3.03. The molecule has 2 aromatic rings. The molecule has 0 atom stereocenters. The quantitative estimate of drug-likeness (QED) is 0.856. The van der Waals surface area contributed by atoms with E-state index < -0.39 is 10.0 Å². The van der Waals surface area contributed by atoms with Crippen molar-refractivity contribution in [2.75, 3.05) is 23.3 Å². The first-order valence-electron chi connectivity index (χ1n) is 9.10. The molecule has 0 bridgehead atoms. The molecule has 2 aliphatic rings. The Kier molecular flexibility index (Phi) is 4.55. The number of para-hydroxylation sites is 2. The summed E-state index contributed by atoms with van der Waals surface area (Å²) >= 11 is 0. The van der Waals surface area contributed by atoms with Crippen molar-refractivity contribution in [1.82, 2.24) is 0 Å². The van der Waals surface area contributed by atoms with Gasteiger partial charge in [-0.3, -0.25) is 9.52 Å². The van der Waals surface area contributed by atoms with Crippen molar-refractivity contribution < 1.29 is 17.9 Å². The van der Waals surface area contributed by atoms with Crippen LogP contribution in [0.5, 0.6) is 5.75 Å². The van der Waals surface area contributed by atoms with Gasteiger partial charge >= 0.3 is 0 Å². The number of ether oxygens (including phenoxy) is 1. The molecule has 0 saturated heterocycles. The van der Waals surface area contributed by atoms with Gasteiger partial charge < -0.3 is 9.64 Å². The molecule has 0 spiro atoms. The molecular formula is C20H22N2O4S. The molecule has 1 aliphatic carbocycles. The second-order valence-corrected chi connectivity index (χ2v) is 8.65. The Hall–Kier alpha value is -2.54. The van der Waals surface area contributed by atoms with Gasteiger partial charge in [-0.2, -0.15) is 0 Å². The number of hydrogen-bond donors (Lipinski definition) is 1.